The minimum absolute atomic E-state index is 0.0439. The lowest BCUT2D eigenvalue weighted by Crippen LogP contribution is -2.18. The highest BCUT2D eigenvalue weighted by molar-refractivity contribution is 6.31. The Morgan fingerprint density at radius 2 is 1.76 bits per heavy atom. The Kier molecular flexibility index (Phi) is 5.02. The van der Waals surface area contributed by atoms with E-state index in [2.05, 4.69) is 4.98 Å². The molecule has 0 aliphatic rings. The molecular weight excluding hydrogens is 386 g/mol. The van der Waals surface area contributed by atoms with Gasteiger partial charge in [0.25, 0.3) is 5.56 Å². The van der Waals surface area contributed by atoms with E-state index in [4.69, 9.17) is 11.6 Å². The first kappa shape index (κ1) is 18.7. The number of ketones is 1. The van der Waals surface area contributed by atoms with Gasteiger partial charge in [-0.1, -0.05) is 60.1 Å². The molecule has 0 bridgehead atoms. The number of hydrogen-bond donors (Lipinski definition) is 2. The van der Waals surface area contributed by atoms with Crippen LogP contribution >= 0.6 is 11.6 Å². The quantitative estimate of drug-likeness (QED) is 0.353. The number of phenolic OH excluding ortho intramolecular Hbond substituents is 1. The molecule has 4 nitrogen and oxygen atoms in total. The van der Waals surface area contributed by atoms with E-state index in [9.17, 15) is 14.7 Å². The van der Waals surface area contributed by atoms with Crippen molar-refractivity contribution in [2.24, 2.45) is 0 Å². The van der Waals surface area contributed by atoms with Crippen LogP contribution in [0.15, 0.2) is 83.7 Å². The predicted octanol–water partition coefficient (Wildman–Crippen LogP) is 5.45. The first-order valence-electron chi connectivity index (χ1n) is 8.95. The molecule has 29 heavy (non-hydrogen) atoms. The summed E-state index contributed by atoms with van der Waals surface area (Å²) in [5, 5.41) is 10.8. The molecule has 0 fully saturated rings. The zero-order chi connectivity index (χ0) is 20.4. The summed E-state index contributed by atoms with van der Waals surface area (Å²) in [6, 6.07) is 21.0. The molecule has 0 spiro atoms. The number of carbonyl (C=O) groups is 1. The number of fused-ring (bicyclic) bond motifs is 1. The maximum atomic E-state index is 13.0. The molecular formula is C24H16ClNO3. The molecule has 2 N–H and O–H groups in total. The van der Waals surface area contributed by atoms with Gasteiger partial charge in [0, 0.05) is 21.5 Å². The van der Waals surface area contributed by atoms with E-state index in [1.807, 2.05) is 30.3 Å². The van der Waals surface area contributed by atoms with Gasteiger partial charge in [-0.3, -0.25) is 9.59 Å². The van der Waals surface area contributed by atoms with Crippen molar-refractivity contribution in [2.75, 3.05) is 0 Å². The molecule has 1 aromatic heterocycles. The number of halogens is 1. The van der Waals surface area contributed by atoms with Crippen LogP contribution in [0.1, 0.15) is 15.9 Å². The van der Waals surface area contributed by atoms with Crippen molar-refractivity contribution in [1.29, 1.82) is 0 Å². The molecule has 0 unspecified atom stereocenters. The maximum Gasteiger partial charge on any atom is 0.260 e. The van der Waals surface area contributed by atoms with E-state index in [-0.39, 0.29) is 11.3 Å². The zero-order valence-corrected chi connectivity index (χ0v) is 16.0. The van der Waals surface area contributed by atoms with Crippen LogP contribution in [0.2, 0.25) is 5.02 Å². The molecule has 5 heteroatoms. The number of pyridine rings is 1. The summed E-state index contributed by atoms with van der Waals surface area (Å²) in [5.74, 6) is -0.335. The van der Waals surface area contributed by atoms with E-state index in [1.165, 1.54) is 12.1 Å². The van der Waals surface area contributed by atoms with Gasteiger partial charge in [0.05, 0.1) is 5.56 Å². The van der Waals surface area contributed by atoms with Gasteiger partial charge in [0.15, 0.2) is 5.78 Å². The van der Waals surface area contributed by atoms with Crippen LogP contribution in [-0.2, 0) is 0 Å². The SMILES string of the molecule is O=C(/C=C/c1cccc(O)c1)c1c(-c2ccccc2)c2cc(Cl)ccc2[nH]c1=O. The number of hydrogen-bond acceptors (Lipinski definition) is 3. The number of aromatic hydroxyl groups is 1. The van der Waals surface area contributed by atoms with Gasteiger partial charge in [-0.05, 0) is 47.5 Å². The number of aromatic amines is 1. The normalized spacial score (nSPS) is 11.2. The number of rotatable bonds is 4. The first-order chi connectivity index (χ1) is 14.0. The number of carbonyl (C=O) groups excluding carboxylic acids is 1. The Morgan fingerprint density at radius 3 is 2.52 bits per heavy atom. The average Bonchev–Trinajstić information content (AvgIpc) is 2.72. The summed E-state index contributed by atoms with van der Waals surface area (Å²) in [7, 11) is 0. The van der Waals surface area contributed by atoms with Crippen molar-refractivity contribution in [3.8, 4) is 16.9 Å². The summed E-state index contributed by atoms with van der Waals surface area (Å²) >= 11 is 6.19. The fraction of sp³-hybridized carbons (Fsp3) is 0. The number of H-pyrrole nitrogens is 1. The van der Waals surface area contributed by atoms with Gasteiger partial charge in [-0.15, -0.1) is 0 Å². The highest BCUT2D eigenvalue weighted by atomic mass is 35.5. The largest absolute Gasteiger partial charge is 0.508 e. The maximum absolute atomic E-state index is 13.0. The monoisotopic (exact) mass is 401 g/mol. The average molecular weight is 402 g/mol. The lowest BCUT2D eigenvalue weighted by molar-refractivity contribution is 0.104. The van der Waals surface area contributed by atoms with E-state index in [0.29, 0.717) is 27.1 Å². The smallest absolute Gasteiger partial charge is 0.260 e. The van der Waals surface area contributed by atoms with E-state index < -0.39 is 11.3 Å². The topological polar surface area (TPSA) is 70.2 Å². The summed E-state index contributed by atoms with van der Waals surface area (Å²) in [6.45, 7) is 0. The standard InChI is InChI=1S/C24H16ClNO3/c25-17-10-11-20-19(14-17)22(16-6-2-1-3-7-16)23(24(29)26-20)21(28)12-9-15-5-4-8-18(27)13-15/h1-14,27H,(H,26,29)/b12-9+. The second-order valence-electron chi connectivity index (χ2n) is 6.55. The van der Waals surface area contributed by atoms with Crippen molar-refractivity contribution in [2.45, 2.75) is 0 Å². The third-order valence-corrected chi connectivity index (χ3v) is 4.82. The Morgan fingerprint density at radius 1 is 0.966 bits per heavy atom. The van der Waals surface area contributed by atoms with E-state index >= 15 is 0 Å². The van der Waals surface area contributed by atoms with Crippen molar-refractivity contribution in [1.82, 2.24) is 4.98 Å². The molecule has 3 aromatic carbocycles. The summed E-state index contributed by atoms with van der Waals surface area (Å²) in [5.41, 5.74) is 2.12. The lowest BCUT2D eigenvalue weighted by Gasteiger charge is -2.11. The van der Waals surface area contributed by atoms with Crippen molar-refractivity contribution in [3.05, 3.63) is 105 Å². The van der Waals surface area contributed by atoms with Gasteiger partial charge in [-0.25, -0.2) is 0 Å². The van der Waals surface area contributed by atoms with Gasteiger partial charge < -0.3 is 10.1 Å². The summed E-state index contributed by atoms with van der Waals surface area (Å²) < 4.78 is 0. The van der Waals surface area contributed by atoms with Crippen LogP contribution in [0.5, 0.6) is 5.75 Å². The van der Waals surface area contributed by atoms with Crippen LogP contribution in [0.4, 0.5) is 0 Å². The summed E-state index contributed by atoms with van der Waals surface area (Å²) in [4.78, 5) is 28.7. The molecule has 0 saturated carbocycles. The second-order valence-corrected chi connectivity index (χ2v) is 6.99. The Bertz CT molecular complexity index is 1310. The molecule has 142 valence electrons. The molecule has 4 aromatic rings. The van der Waals surface area contributed by atoms with Crippen LogP contribution < -0.4 is 5.56 Å². The summed E-state index contributed by atoms with van der Waals surface area (Å²) in [6.07, 6.45) is 2.90. The van der Waals surface area contributed by atoms with Crippen molar-refractivity contribution in [3.63, 3.8) is 0 Å². The van der Waals surface area contributed by atoms with E-state index in [0.717, 1.165) is 5.56 Å². The van der Waals surface area contributed by atoms with Crippen LogP contribution in [0, 0.1) is 0 Å². The fourth-order valence-electron chi connectivity index (χ4n) is 3.29. The Labute approximate surface area is 171 Å². The first-order valence-corrected chi connectivity index (χ1v) is 9.33. The highest BCUT2D eigenvalue weighted by Gasteiger charge is 2.19. The number of phenols is 1. The second kappa shape index (κ2) is 7.78. The highest BCUT2D eigenvalue weighted by Crippen LogP contribution is 2.31. The molecule has 0 amide bonds. The van der Waals surface area contributed by atoms with Crippen molar-refractivity contribution >= 4 is 34.4 Å². The number of aromatic nitrogens is 1. The van der Waals surface area contributed by atoms with Gasteiger partial charge in [0.1, 0.15) is 5.75 Å². The molecule has 0 aliphatic heterocycles. The molecule has 0 saturated heterocycles. The van der Waals surface area contributed by atoms with Crippen LogP contribution in [-0.4, -0.2) is 15.9 Å². The fourth-order valence-corrected chi connectivity index (χ4v) is 3.46. The van der Waals surface area contributed by atoms with Crippen molar-refractivity contribution < 1.29 is 9.90 Å². The molecule has 0 radical (unpaired) electrons. The Balaban J connectivity index is 1.92. The van der Waals surface area contributed by atoms with Gasteiger partial charge in [-0.2, -0.15) is 0 Å². The number of allylic oxidation sites excluding steroid dienone is 1. The minimum atomic E-state index is -0.468. The molecule has 1 heterocycles. The number of benzene rings is 3. The molecule has 4 rings (SSSR count). The van der Waals surface area contributed by atoms with Crippen LogP contribution in [0.3, 0.4) is 0 Å². The third kappa shape index (κ3) is 3.84. The van der Waals surface area contributed by atoms with Gasteiger partial charge in [0.2, 0.25) is 0 Å². The van der Waals surface area contributed by atoms with E-state index in [1.54, 1.807) is 42.5 Å². The minimum Gasteiger partial charge on any atom is -0.508 e. The van der Waals surface area contributed by atoms with Gasteiger partial charge >= 0.3 is 0 Å². The molecule has 0 aliphatic carbocycles. The van der Waals surface area contributed by atoms with Crippen LogP contribution in [0.25, 0.3) is 28.1 Å². The lowest BCUT2D eigenvalue weighted by atomic mass is 9.94. The molecule has 0 atom stereocenters. The predicted molar refractivity (Wildman–Crippen MR) is 116 cm³/mol. The number of nitrogens with one attached hydrogen (secondary N) is 1. The third-order valence-electron chi connectivity index (χ3n) is 4.58. The Hall–Kier alpha value is -3.63. The zero-order valence-electron chi connectivity index (χ0n) is 15.2.